The minimum Gasteiger partial charge on any atom is -0.497 e. The molecule has 2 rings (SSSR count). The Bertz CT molecular complexity index is 472. The Hall–Kier alpha value is -1.76. The van der Waals surface area contributed by atoms with Crippen LogP contribution >= 0.6 is 0 Å². The summed E-state index contributed by atoms with van der Waals surface area (Å²) in [5.41, 5.74) is 0.610. The van der Waals surface area contributed by atoms with E-state index < -0.39 is 24.2 Å². The van der Waals surface area contributed by atoms with Gasteiger partial charge in [0, 0.05) is 6.54 Å². The third-order valence-electron chi connectivity index (χ3n) is 3.04. The number of hydrogen-bond acceptors (Lipinski definition) is 3. The molecule has 3 unspecified atom stereocenters. The fourth-order valence-corrected chi connectivity index (χ4v) is 2.06. The molecule has 0 amide bonds. The Morgan fingerprint density at radius 1 is 1.37 bits per heavy atom. The average molecular weight is 275 g/mol. The van der Waals surface area contributed by atoms with Gasteiger partial charge in [-0.25, -0.2) is 0 Å². The Labute approximate surface area is 107 Å². The first-order chi connectivity index (χ1) is 8.84. The standard InChI is InChI=1S/C12H12F3NO3/c1-19-8-4-2-7(3-5-8)6-16-9(11(17)18)10(16)12(13,14)15/h2-5,9-10H,6H2,1H3,(H,17,18). The highest BCUT2D eigenvalue weighted by molar-refractivity contribution is 5.78. The maximum atomic E-state index is 12.6. The fraction of sp³-hybridized carbons (Fsp3) is 0.417. The molecule has 19 heavy (non-hydrogen) atoms. The van der Waals surface area contributed by atoms with Crippen molar-refractivity contribution < 1.29 is 27.8 Å². The van der Waals surface area contributed by atoms with Gasteiger partial charge in [-0.3, -0.25) is 9.69 Å². The lowest BCUT2D eigenvalue weighted by Crippen LogP contribution is -2.23. The van der Waals surface area contributed by atoms with Crippen molar-refractivity contribution in [3.63, 3.8) is 0 Å². The van der Waals surface area contributed by atoms with E-state index in [1.54, 1.807) is 24.3 Å². The van der Waals surface area contributed by atoms with Gasteiger partial charge in [0.05, 0.1) is 7.11 Å². The van der Waals surface area contributed by atoms with E-state index in [9.17, 15) is 18.0 Å². The number of halogens is 3. The van der Waals surface area contributed by atoms with Crippen molar-refractivity contribution in [2.24, 2.45) is 0 Å². The number of carboxylic acids is 1. The fourth-order valence-electron chi connectivity index (χ4n) is 2.06. The van der Waals surface area contributed by atoms with Gasteiger partial charge < -0.3 is 9.84 Å². The van der Waals surface area contributed by atoms with Gasteiger partial charge in [-0.2, -0.15) is 13.2 Å². The van der Waals surface area contributed by atoms with Gasteiger partial charge in [-0.1, -0.05) is 12.1 Å². The van der Waals surface area contributed by atoms with Crippen molar-refractivity contribution in [2.75, 3.05) is 7.11 Å². The number of ether oxygens (including phenoxy) is 1. The van der Waals surface area contributed by atoms with Crippen LogP contribution in [0.5, 0.6) is 5.75 Å². The first kappa shape index (κ1) is 13.7. The van der Waals surface area contributed by atoms with E-state index in [-0.39, 0.29) is 6.54 Å². The SMILES string of the molecule is COc1ccc(CN2C(C(=O)O)C2C(F)(F)F)cc1. The molecule has 1 saturated heterocycles. The number of hydrogen-bond donors (Lipinski definition) is 1. The molecule has 1 aromatic carbocycles. The monoisotopic (exact) mass is 275 g/mol. The Morgan fingerprint density at radius 2 is 1.95 bits per heavy atom. The average Bonchev–Trinajstić information content (AvgIpc) is 3.04. The van der Waals surface area contributed by atoms with Crippen molar-refractivity contribution in [2.45, 2.75) is 24.8 Å². The number of nitrogens with zero attached hydrogens (tertiary/aromatic N) is 1. The summed E-state index contributed by atoms with van der Waals surface area (Å²) in [7, 11) is 1.49. The molecule has 7 heteroatoms. The summed E-state index contributed by atoms with van der Waals surface area (Å²) in [5.74, 6) is -0.854. The molecule has 3 atom stereocenters. The largest absolute Gasteiger partial charge is 0.497 e. The second kappa shape index (κ2) is 4.73. The molecule has 0 radical (unpaired) electrons. The minimum absolute atomic E-state index is 0.0505. The zero-order chi connectivity index (χ0) is 14.2. The molecule has 0 aromatic heterocycles. The number of carbonyl (C=O) groups is 1. The van der Waals surface area contributed by atoms with Gasteiger partial charge in [0.25, 0.3) is 0 Å². The van der Waals surface area contributed by atoms with Crippen molar-refractivity contribution in [1.29, 1.82) is 0 Å². The molecule has 4 nitrogen and oxygen atoms in total. The van der Waals surface area contributed by atoms with Crippen LogP contribution in [-0.4, -0.2) is 41.3 Å². The summed E-state index contributed by atoms with van der Waals surface area (Å²) < 4.78 is 42.7. The van der Waals surface area contributed by atoms with Crippen LogP contribution in [0.2, 0.25) is 0 Å². The topological polar surface area (TPSA) is 49.5 Å². The molecular formula is C12H12F3NO3. The summed E-state index contributed by atoms with van der Waals surface area (Å²) in [4.78, 5) is 11.7. The zero-order valence-corrected chi connectivity index (χ0v) is 10.0. The van der Waals surface area contributed by atoms with Gasteiger partial charge in [-0.05, 0) is 17.7 Å². The number of carboxylic acid groups (broad SMARTS) is 1. The highest BCUT2D eigenvalue weighted by Crippen LogP contribution is 2.42. The van der Waals surface area contributed by atoms with Crippen LogP contribution in [0.25, 0.3) is 0 Å². The van der Waals surface area contributed by atoms with Crippen molar-refractivity contribution in [1.82, 2.24) is 4.90 Å². The number of aliphatic carboxylic acids is 1. The number of rotatable bonds is 4. The predicted molar refractivity (Wildman–Crippen MR) is 59.8 cm³/mol. The molecule has 1 fully saturated rings. The van der Waals surface area contributed by atoms with Crippen LogP contribution in [-0.2, 0) is 11.3 Å². The van der Waals surface area contributed by atoms with E-state index in [2.05, 4.69) is 0 Å². The van der Waals surface area contributed by atoms with Gasteiger partial charge in [-0.15, -0.1) is 0 Å². The molecule has 1 aliphatic heterocycles. The normalized spacial score (nSPS) is 26.0. The molecule has 1 heterocycles. The third kappa shape index (κ3) is 2.81. The first-order valence-electron chi connectivity index (χ1n) is 5.53. The smallest absolute Gasteiger partial charge is 0.406 e. The lowest BCUT2D eigenvalue weighted by molar-refractivity contribution is -0.145. The van der Waals surface area contributed by atoms with E-state index in [1.165, 1.54) is 7.11 Å². The highest BCUT2D eigenvalue weighted by Gasteiger charge is 2.66. The second-order valence-electron chi connectivity index (χ2n) is 4.29. The molecule has 1 aromatic rings. The van der Waals surface area contributed by atoms with E-state index in [1.807, 2.05) is 0 Å². The van der Waals surface area contributed by atoms with Crippen LogP contribution in [0.1, 0.15) is 5.56 Å². The molecular weight excluding hydrogens is 263 g/mol. The summed E-state index contributed by atoms with van der Waals surface area (Å²) in [6.45, 7) is -0.0505. The van der Waals surface area contributed by atoms with Crippen molar-refractivity contribution in [3.8, 4) is 5.75 Å². The number of methoxy groups -OCH3 is 1. The Kier molecular flexibility index (Phi) is 3.40. The van der Waals surface area contributed by atoms with Crippen LogP contribution in [0.3, 0.4) is 0 Å². The van der Waals surface area contributed by atoms with E-state index in [4.69, 9.17) is 9.84 Å². The van der Waals surface area contributed by atoms with Crippen LogP contribution in [0.4, 0.5) is 13.2 Å². The van der Waals surface area contributed by atoms with Crippen molar-refractivity contribution in [3.05, 3.63) is 29.8 Å². The van der Waals surface area contributed by atoms with Crippen LogP contribution in [0, 0.1) is 0 Å². The molecule has 1 aliphatic rings. The van der Waals surface area contributed by atoms with Gasteiger partial charge in [0.2, 0.25) is 0 Å². The first-order valence-corrected chi connectivity index (χ1v) is 5.53. The highest BCUT2D eigenvalue weighted by atomic mass is 19.4. The number of benzene rings is 1. The van der Waals surface area contributed by atoms with Crippen molar-refractivity contribution >= 4 is 5.97 Å². The van der Waals surface area contributed by atoms with Crippen LogP contribution in [0.15, 0.2) is 24.3 Å². The summed E-state index contributed by atoms with van der Waals surface area (Å²) in [5, 5.41) is 8.76. The maximum absolute atomic E-state index is 12.6. The maximum Gasteiger partial charge on any atom is 0.406 e. The lowest BCUT2D eigenvalue weighted by atomic mass is 10.2. The molecule has 0 saturated carbocycles. The Balaban J connectivity index is 2.08. The molecule has 0 bridgehead atoms. The van der Waals surface area contributed by atoms with Gasteiger partial charge in [0.1, 0.15) is 17.8 Å². The molecule has 0 aliphatic carbocycles. The van der Waals surface area contributed by atoms with E-state index >= 15 is 0 Å². The molecule has 0 spiro atoms. The quantitative estimate of drug-likeness (QED) is 0.853. The zero-order valence-electron chi connectivity index (χ0n) is 10.0. The number of alkyl halides is 3. The van der Waals surface area contributed by atoms with Crippen LogP contribution < -0.4 is 4.74 Å². The van der Waals surface area contributed by atoms with E-state index in [0.29, 0.717) is 11.3 Å². The molecule has 104 valence electrons. The predicted octanol–water partition coefficient (Wildman–Crippen LogP) is 1.89. The third-order valence-corrected chi connectivity index (χ3v) is 3.04. The minimum atomic E-state index is -4.52. The Morgan fingerprint density at radius 3 is 2.32 bits per heavy atom. The summed E-state index contributed by atoms with van der Waals surface area (Å²) in [6, 6.07) is 3.09. The molecule has 1 N–H and O–H groups in total. The van der Waals surface area contributed by atoms with Gasteiger partial charge in [0.15, 0.2) is 0 Å². The van der Waals surface area contributed by atoms with E-state index in [0.717, 1.165) is 4.90 Å². The van der Waals surface area contributed by atoms with Gasteiger partial charge >= 0.3 is 12.1 Å². The summed E-state index contributed by atoms with van der Waals surface area (Å²) >= 11 is 0. The summed E-state index contributed by atoms with van der Waals surface area (Å²) in [6.07, 6.45) is -4.52. The second-order valence-corrected chi connectivity index (χ2v) is 4.29. The lowest BCUT2D eigenvalue weighted by Gasteiger charge is -2.07.